The van der Waals surface area contributed by atoms with Crippen molar-refractivity contribution in [2.45, 2.75) is 6.92 Å². The molecule has 0 radical (unpaired) electrons. The van der Waals surface area contributed by atoms with Gasteiger partial charge in [-0.15, -0.1) is 0 Å². The van der Waals surface area contributed by atoms with Gasteiger partial charge >= 0.3 is 6.03 Å². The number of thiazole rings is 1. The molecule has 0 saturated carbocycles. The largest absolute Gasteiger partial charge is 0.494 e. The Hall–Kier alpha value is -3.13. The Kier molecular flexibility index (Phi) is 5.12. The van der Waals surface area contributed by atoms with Crippen molar-refractivity contribution in [3.63, 3.8) is 0 Å². The standard InChI is InChI=1S/C20H20N4O3S/c1-2-27-15-8-9-16-17(12-15)28-19(21-16)22-18(25)13-23-10-11-24(20(23)26)14-6-4-3-5-7-14/h3-9,12H,2,10-11,13H2,1H3,(H,21,22,25). The molecule has 0 aliphatic carbocycles. The fourth-order valence-corrected chi connectivity index (χ4v) is 4.03. The van der Waals surface area contributed by atoms with E-state index < -0.39 is 0 Å². The molecule has 28 heavy (non-hydrogen) atoms. The molecule has 8 heteroatoms. The minimum absolute atomic E-state index is 0.00227. The third kappa shape index (κ3) is 3.77. The van der Waals surface area contributed by atoms with Gasteiger partial charge in [0.15, 0.2) is 5.13 Å². The second kappa shape index (κ2) is 7.85. The van der Waals surface area contributed by atoms with Crippen LogP contribution in [0.3, 0.4) is 0 Å². The lowest BCUT2D eigenvalue weighted by atomic mass is 10.3. The van der Waals surface area contributed by atoms with Gasteiger partial charge in [-0.1, -0.05) is 29.5 Å². The Labute approximate surface area is 166 Å². The van der Waals surface area contributed by atoms with Crippen molar-refractivity contribution in [1.82, 2.24) is 9.88 Å². The summed E-state index contributed by atoms with van der Waals surface area (Å²) >= 11 is 1.38. The smallest absolute Gasteiger partial charge is 0.325 e. The van der Waals surface area contributed by atoms with Crippen molar-refractivity contribution in [1.29, 1.82) is 0 Å². The van der Waals surface area contributed by atoms with E-state index in [1.165, 1.54) is 11.3 Å². The first kappa shape index (κ1) is 18.2. The summed E-state index contributed by atoms with van der Waals surface area (Å²) in [7, 11) is 0. The van der Waals surface area contributed by atoms with Crippen LogP contribution in [0.1, 0.15) is 6.92 Å². The molecule has 1 aliphatic heterocycles. The second-order valence-corrected chi connectivity index (χ2v) is 7.35. The molecule has 0 bridgehead atoms. The van der Waals surface area contributed by atoms with E-state index in [-0.39, 0.29) is 18.5 Å². The molecule has 0 spiro atoms. The van der Waals surface area contributed by atoms with E-state index in [1.807, 2.05) is 55.5 Å². The van der Waals surface area contributed by atoms with Crippen LogP contribution in [0.5, 0.6) is 5.75 Å². The van der Waals surface area contributed by atoms with Gasteiger partial charge in [-0.25, -0.2) is 9.78 Å². The zero-order valence-corrected chi connectivity index (χ0v) is 16.2. The normalized spacial score (nSPS) is 14.0. The molecular weight excluding hydrogens is 376 g/mol. The molecule has 1 fully saturated rings. The summed E-state index contributed by atoms with van der Waals surface area (Å²) in [5.74, 6) is 0.521. The number of rotatable bonds is 6. The van der Waals surface area contributed by atoms with Crippen molar-refractivity contribution in [3.8, 4) is 5.75 Å². The summed E-state index contributed by atoms with van der Waals surface area (Å²) < 4.78 is 6.43. The van der Waals surface area contributed by atoms with Gasteiger partial charge in [-0.2, -0.15) is 0 Å². The highest BCUT2D eigenvalue weighted by atomic mass is 32.1. The molecule has 1 aromatic heterocycles. The molecule has 3 amide bonds. The lowest BCUT2D eigenvalue weighted by molar-refractivity contribution is -0.116. The fourth-order valence-electron chi connectivity index (χ4n) is 3.12. The molecule has 1 aliphatic rings. The van der Waals surface area contributed by atoms with Gasteiger partial charge in [0, 0.05) is 18.8 Å². The summed E-state index contributed by atoms with van der Waals surface area (Å²) in [6.07, 6.45) is 0. The lowest BCUT2D eigenvalue weighted by Gasteiger charge is -2.18. The number of benzene rings is 2. The Morgan fingerprint density at radius 3 is 2.82 bits per heavy atom. The van der Waals surface area contributed by atoms with Crippen molar-refractivity contribution in [2.75, 3.05) is 36.5 Å². The average molecular weight is 396 g/mol. The number of urea groups is 1. The molecule has 2 aromatic carbocycles. The maximum Gasteiger partial charge on any atom is 0.325 e. The quantitative estimate of drug-likeness (QED) is 0.691. The molecule has 3 aromatic rings. The SMILES string of the molecule is CCOc1ccc2nc(NC(=O)CN3CCN(c4ccccc4)C3=O)sc2c1. The first-order valence-corrected chi connectivity index (χ1v) is 9.90. The zero-order chi connectivity index (χ0) is 19.5. The highest BCUT2D eigenvalue weighted by molar-refractivity contribution is 7.22. The minimum Gasteiger partial charge on any atom is -0.494 e. The van der Waals surface area contributed by atoms with E-state index in [0.29, 0.717) is 24.8 Å². The Balaban J connectivity index is 1.39. The van der Waals surface area contributed by atoms with E-state index in [1.54, 1.807) is 9.80 Å². The fraction of sp³-hybridized carbons (Fsp3) is 0.250. The van der Waals surface area contributed by atoms with Gasteiger partial charge in [0.2, 0.25) is 5.91 Å². The molecule has 2 heterocycles. The number of ether oxygens (including phenoxy) is 1. The van der Waals surface area contributed by atoms with Gasteiger partial charge in [0.05, 0.1) is 16.8 Å². The van der Waals surface area contributed by atoms with Crippen LogP contribution in [0.15, 0.2) is 48.5 Å². The maximum atomic E-state index is 12.6. The number of nitrogens with one attached hydrogen (secondary N) is 1. The van der Waals surface area contributed by atoms with E-state index in [4.69, 9.17) is 4.74 Å². The Bertz CT molecular complexity index is 1010. The van der Waals surface area contributed by atoms with Crippen LogP contribution in [0.4, 0.5) is 15.6 Å². The molecule has 1 N–H and O–H groups in total. The van der Waals surface area contributed by atoms with Gasteiger partial charge in [-0.3, -0.25) is 9.69 Å². The molecule has 0 atom stereocenters. The number of nitrogens with zero attached hydrogens (tertiary/aromatic N) is 3. The van der Waals surface area contributed by atoms with Gasteiger partial charge in [-0.05, 0) is 37.3 Å². The molecule has 7 nitrogen and oxygen atoms in total. The topological polar surface area (TPSA) is 74.8 Å². The van der Waals surface area contributed by atoms with Crippen LogP contribution in [-0.4, -0.2) is 48.1 Å². The minimum atomic E-state index is -0.257. The first-order chi connectivity index (χ1) is 13.6. The maximum absolute atomic E-state index is 12.6. The highest BCUT2D eigenvalue weighted by Gasteiger charge is 2.30. The van der Waals surface area contributed by atoms with E-state index in [2.05, 4.69) is 10.3 Å². The van der Waals surface area contributed by atoms with Crippen LogP contribution in [0.25, 0.3) is 10.2 Å². The van der Waals surface area contributed by atoms with Gasteiger partial charge in [0.25, 0.3) is 0 Å². The van der Waals surface area contributed by atoms with Crippen molar-refractivity contribution >= 4 is 44.3 Å². The average Bonchev–Trinajstić information content (AvgIpc) is 3.25. The van der Waals surface area contributed by atoms with E-state index in [0.717, 1.165) is 21.7 Å². The molecule has 144 valence electrons. The number of hydrogen-bond acceptors (Lipinski definition) is 5. The number of aromatic nitrogens is 1. The third-order valence-corrected chi connectivity index (χ3v) is 5.35. The second-order valence-electron chi connectivity index (χ2n) is 6.32. The van der Waals surface area contributed by atoms with Crippen molar-refractivity contribution in [3.05, 3.63) is 48.5 Å². The number of fused-ring (bicyclic) bond motifs is 1. The Morgan fingerprint density at radius 2 is 2.04 bits per heavy atom. The molecule has 4 rings (SSSR count). The summed E-state index contributed by atoms with van der Waals surface area (Å²) in [4.78, 5) is 32.7. The highest BCUT2D eigenvalue weighted by Crippen LogP contribution is 2.29. The number of carbonyl (C=O) groups excluding carboxylic acids is 2. The summed E-state index contributed by atoms with van der Waals surface area (Å²) in [5.41, 5.74) is 1.64. The Morgan fingerprint density at radius 1 is 1.21 bits per heavy atom. The predicted molar refractivity (Wildman–Crippen MR) is 110 cm³/mol. The molecular formula is C20H20N4O3S. The number of para-hydroxylation sites is 1. The number of amides is 3. The number of anilines is 2. The van der Waals surface area contributed by atoms with Crippen LogP contribution in [0, 0.1) is 0 Å². The third-order valence-electron chi connectivity index (χ3n) is 4.41. The predicted octanol–water partition coefficient (Wildman–Crippen LogP) is 3.58. The first-order valence-electron chi connectivity index (χ1n) is 9.09. The van der Waals surface area contributed by atoms with Crippen LogP contribution in [-0.2, 0) is 4.79 Å². The van der Waals surface area contributed by atoms with Crippen LogP contribution < -0.4 is 15.0 Å². The van der Waals surface area contributed by atoms with Gasteiger partial charge in [0.1, 0.15) is 12.3 Å². The molecule has 1 saturated heterocycles. The molecule has 0 unspecified atom stereocenters. The van der Waals surface area contributed by atoms with Gasteiger partial charge < -0.3 is 15.0 Å². The number of carbonyl (C=O) groups is 2. The van der Waals surface area contributed by atoms with Crippen molar-refractivity contribution < 1.29 is 14.3 Å². The summed E-state index contributed by atoms with van der Waals surface area (Å²) in [6, 6.07) is 14.9. The lowest BCUT2D eigenvalue weighted by Crippen LogP contribution is -2.37. The van der Waals surface area contributed by atoms with E-state index >= 15 is 0 Å². The van der Waals surface area contributed by atoms with Crippen molar-refractivity contribution in [2.24, 2.45) is 0 Å². The zero-order valence-electron chi connectivity index (χ0n) is 15.4. The number of hydrogen-bond donors (Lipinski definition) is 1. The van der Waals surface area contributed by atoms with Crippen LogP contribution >= 0.6 is 11.3 Å². The summed E-state index contributed by atoms with van der Waals surface area (Å²) in [5, 5.41) is 3.31. The van der Waals surface area contributed by atoms with E-state index in [9.17, 15) is 9.59 Å². The van der Waals surface area contributed by atoms with Crippen LogP contribution in [0.2, 0.25) is 0 Å². The summed E-state index contributed by atoms with van der Waals surface area (Å²) in [6.45, 7) is 3.61. The monoisotopic (exact) mass is 396 g/mol.